The highest BCUT2D eigenvalue weighted by molar-refractivity contribution is 5.81. The first kappa shape index (κ1) is 16.0. The molecule has 23 heavy (non-hydrogen) atoms. The fourth-order valence-corrected chi connectivity index (χ4v) is 4.29. The number of benzene rings is 1. The Morgan fingerprint density at radius 3 is 2.39 bits per heavy atom. The molecule has 2 aliphatic heterocycles. The van der Waals surface area contributed by atoms with E-state index in [1.807, 2.05) is 35.2 Å². The molecule has 124 valence electrons. The van der Waals surface area contributed by atoms with Crippen LogP contribution in [0.1, 0.15) is 44.2 Å². The van der Waals surface area contributed by atoms with E-state index in [0.29, 0.717) is 0 Å². The molecule has 2 heterocycles. The van der Waals surface area contributed by atoms with E-state index in [1.165, 1.54) is 0 Å². The van der Waals surface area contributed by atoms with Crippen molar-refractivity contribution < 1.29 is 9.59 Å². The van der Waals surface area contributed by atoms with Crippen molar-refractivity contribution in [1.29, 1.82) is 0 Å². The summed E-state index contributed by atoms with van der Waals surface area (Å²) in [6.07, 6.45) is 4.12. The smallest absolute Gasteiger partial charge is 0.239 e. The second kappa shape index (κ2) is 6.71. The summed E-state index contributed by atoms with van der Waals surface area (Å²) in [5.41, 5.74) is 6.69. The molecule has 2 N–H and O–H groups in total. The van der Waals surface area contributed by atoms with Crippen molar-refractivity contribution in [3.63, 3.8) is 0 Å². The maximum Gasteiger partial charge on any atom is 0.239 e. The van der Waals surface area contributed by atoms with Crippen LogP contribution in [0.3, 0.4) is 0 Å². The van der Waals surface area contributed by atoms with Gasteiger partial charge in [-0.05, 0) is 37.8 Å². The Bertz CT molecular complexity index is 575. The summed E-state index contributed by atoms with van der Waals surface area (Å²) in [6.45, 7) is 3.33. The quantitative estimate of drug-likeness (QED) is 0.919. The predicted molar refractivity (Wildman–Crippen MR) is 88.5 cm³/mol. The predicted octanol–water partition coefficient (Wildman–Crippen LogP) is 1.69. The number of carbonyl (C=O) groups excluding carboxylic acids is 2. The van der Waals surface area contributed by atoms with Crippen LogP contribution in [-0.4, -0.2) is 46.8 Å². The van der Waals surface area contributed by atoms with Crippen molar-refractivity contribution in [3.8, 4) is 0 Å². The molecule has 1 aromatic carbocycles. The SMILES string of the molecule is CC(=O)N1CCC[C@@H]1[C@@H]1CCCN1[C@@H](C(N)=O)c1ccccc1. The molecule has 0 unspecified atom stereocenters. The first-order valence-corrected chi connectivity index (χ1v) is 8.47. The van der Waals surface area contributed by atoms with E-state index in [2.05, 4.69) is 4.90 Å². The van der Waals surface area contributed by atoms with E-state index in [1.54, 1.807) is 6.92 Å². The monoisotopic (exact) mass is 315 g/mol. The van der Waals surface area contributed by atoms with Gasteiger partial charge in [-0.2, -0.15) is 0 Å². The molecule has 0 bridgehead atoms. The second-order valence-electron chi connectivity index (χ2n) is 6.58. The van der Waals surface area contributed by atoms with E-state index in [9.17, 15) is 9.59 Å². The highest BCUT2D eigenvalue weighted by Crippen LogP contribution is 2.35. The molecule has 3 rings (SSSR count). The van der Waals surface area contributed by atoms with E-state index in [4.69, 9.17) is 5.73 Å². The molecule has 0 radical (unpaired) electrons. The summed E-state index contributed by atoms with van der Waals surface area (Å²) >= 11 is 0. The lowest BCUT2D eigenvalue weighted by Gasteiger charge is -2.38. The van der Waals surface area contributed by atoms with Gasteiger partial charge in [0.05, 0.1) is 0 Å². The van der Waals surface area contributed by atoms with E-state index >= 15 is 0 Å². The number of rotatable bonds is 4. The van der Waals surface area contributed by atoms with Crippen LogP contribution in [0.15, 0.2) is 30.3 Å². The average molecular weight is 315 g/mol. The van der Waals surface area contributed by atoms with Crippen LogP contribution in [0.5, 0.6) is 0 Å². The Labute approximate surface area is 137 Å². The summed E-state index contributed by atoms with van der Waals surface area (Å²) < 4.78 is 0. The van der Waals surface area contributed by atoms with Gasteiger partial charge >= 0.3 is 0 Å². The van der Waals surface area contributed by atoms with Crippen LogP contribution < -0.4 is 5.73 Å². The number of amides is 2. The Hall–Kier alpha value is -1.88. The Morgan fingerprint density at radius 2 is 1.74 bits per heavy atom. The van der Waals surface area contributed by atoms with Crippen molar-refractivity contribution in [2.24, 2.45) is 5.73 Å². The molecular weight excluding hydrogens is 290 g/mol. The molecule has 0 saturated carbocycles. The molecule has 0 aromatic heterocycles. The Morgan fingerprint density at radius 1 is 1.09 bits per heavy atom. The summed E-state index contributed by atoms with van der Waals surface area (Å²) in [4.78, 5) is 28.3. The van der Waals surface area contributed by atoms with Gasteiger partial charge in [-0.15, -0.1) is 0 Å². The van der Waals surface area contributed by atoms with Crippen LogP contribution in [0.25, 0.3) is 0 Å². The molecule has 2 fully saturated rings. The van der Waals surface area contributed by atoms with Crippen LogP contribution in [0.4, 0.5) is 0 Å². The molecule has 2 aliphatic rings. The third kappa shape index (κ3) is 3.11. The fourth-order valence-electron chi connectivity index (χ4n) is 4.29. The lowest BCUT2D eigenvalue weighted by Crippen LogP contribution is -2.50. The number of likely N-dealkylation sites (tertiary alicyclic amines) is 2. The van der Waals surface area contributed by atoms with Crippen molar-refractivity contribution >= 4 is 11.8 Å². The van der Waals surface area contributed by atoms with E-state index < -0.39 is 6.04 Å². The maximum absolute atomic E-state index is 12.2. The number of nitrogens with zero attached hydrogens (tertiary/aromatic N) is 2. The lowest BCUT2D eigenvalue weighted by atomic mass is 9.98. The van der Waals surface area contributed by atoms with E-state index in [-0.39, 0.29) is 23.9 Å². The lowest BCUT2D eigenvalue weighted by molar-refractivity contribution is -0.131. The Kier molecular flexibility index (Phi) is 4.66. The molecule has 5 nitrogen and oxygen atoms in total. The van der Waals surface area contributed by atoms with Crippen molar-refractivity contribution in [1.82, 2.24) is 9.80 Å². The van der Waals surface area contributed by atoms with Gasteiger partial charge < -0.3 is 10.6 Å². The largest absolute Gasteiger partial charge is 0.368 e. The van der Waals surface area contributed by atoms with Crippen LogP contribution in [0, 0.1) is 0 Å². The van der Waals surface area contributed by atoms with Gasteiger partial charge in [0.25, 0.3) is 0 Å². The summed E-state index contributed by atoms with van der Waals surface area (Å²) in [6, 6.07) is 9.77. The molecule has 3 atom stereocenters. The molecular formula is C18H25N3O2. The van der Waals surface area contributed by atoms with E-state index in [0.717, 1.165) is 44.3 Å². The highest BCUT2D eigenvalue weighted by Gasteiger charge is 2.42. The number of hydrogen-bond donors (Lipinski definition) is 1. The molecule has 2 amide bonds. The first-order valence-electron chi connectivity index (χ1n) is 8.47. The minimum absolute atomic E-state index is 0.134. The van der Waals surface area contributed by atoms with Gasteiger partial charge in [0, 0.05) is 25.6 Å². The van der Waals surface area contributed by atoms with Gasteiger partial charge in [-0.1, -0.05) is 30.3 Å². The van der Waals surface area contributed by atoms with Gasteiger partial charge in [-0.3, -0.25) is 14.5 Å². The second-order valence-corrected chi connectivity index (χ2v) is 6.58. The standard InChI is InChI=1S/C18H25N3O2/c1-13(22)20-11-5-9-15(20)16-10-6-12-21(16)17(18(19)23)14-7-3-2-4-8-14/h2-4,7-8,15-17H,5-6,9-12H2,1H3,(H2,19,23)/t15-,16+,17-/m1/s1. The number of nitrogens with two attached hydrogens (primary N) is 1. The summed E-state index contributed by atoms with van der Waals surface area (Å²) in [5.74, 6) is -0.176. The van der Waals surface area contributed by atoms with Gasteiger partial charge in [0.15, 0.2) is 0 Å². The zero-order valence-electron chi connectivity index (χ0n) is 13.6. The third-order valence-corrected chi connectivity index (χ3v) is 5.21. The maximum atomic E-state index is 12.2. The van der Waals surface area contributed by atoms with Gasteiger partial charge in [0.2, 0.25) is 11.8 Å². The number of carbonyl (C=O) groups is 2. The minimum atomic E-state index is -0.405. The zero-order valence-corrected chi connectivity index (χ0v) is 13.6. The number of hydrogen-bond acceptors (Lipinski definition) is 3. The topological polar surface area (TPSA) is 66.6 Å². The van der Waals surface area contributed by atoms with Crippen LogP contribution in [0.2, 0.25) is 0 Å². The summed E-state index contributed by atoms with van der Waals surface area (Å²) in [5, 5.41) is 0. The molecule has 1 aromatic rings. The summed E-state index contributed by atoms with van der Waals surface area (Å²) in [7, 11) is 0. The number of primary amides is 1. The van der Waals surface area contributed by atoms with Gasteiger partial charge in [-0.25, -0.2) is 0 Å². The molecule has 2 saturated heterocycles. The van der Waals surface area contributed by atoms with Crippen molar-refractivity contribution in [2.75, 3.05) is 13.1 Å². The fraction of sp³-hybridized carbons (Fsp3) is 0.556. The van der Waals surface area contributed by atoms with Crippen molar-refractivity contribution in [3.05, 3.63) is 35.9 Å². The van der Waals surface area contributed by atoms with Crippen LogP contribution >= 0.6 is 0 Å². The molecule has 0 aliphatic carbocycles. The Balaban J connectivity index is 1.87. The first-order chi connectivity index (χ1) is 11.1. The normalized spacial score (nSPS) is 26.4. The van der Waals surface area contributed by atoms with Gasteiger partial charge in [0.1, 0.15) is 6.04 Å². The third-order valence-electron chi connectivity index (χ3n) is 5.21. The highest BCUT2D eigenvalue weighted by atomic mass is 16.2. The zero-order chi connectivity index (χ0) is 16.4. The molecule has 5 heteroatoms. The average Bonchev–Trinajstić information content (AvgIpc) is 3.16. The van der Waals surface area contributed by atoms with Crippen LogP contribution in [-0.2, 0) is 9.59 Å². The minimum Gasteiger partial charge on any atom is -0.368 e. The molecule has 0 spiro atoms. The van der Waals surface area contributed by atoms with Crippen molar-refractivity contribution in [2.45, 2.75) is 50.7 Å².